The number of nitrogens with one attached hydrogen (secondary N) is 2. The minimum absolute atomic E-state index is 0.0196. The van der Waals surface area contributed by atoms with E-state index in [1.165, 1.54) is 6.07 Å². The number of carbonyl (C=O) groups is 1. The highest BCUT2D eigenvalue weighted by Crippen LogP contribution is 2.22. The maximum Gasteiger partial charge on any atom is 0.292 e. The van der Waals surface area contributed by atoms with Crippen LogP contribution < -0.4 is 10.6 Å². The lowest BCUT2D eigenvalue weighted by Crippen LogP contribution is -2.28. The predicted octanol–water partition coefficient (Wildman–Crippen LogP) is 3.15. The van der Waals surface area contributed by atoms with E-state index in [2.05, 4.69) is 10.6 Å². The zero-order valence-electron chi connectivity index (χ0n) is 13.7. The molecule has 1 atom stereocenters. The van der Waals surface area contributed by atoms with Gasteiger partial charge in [-0.3, -0.25) is 14.9 Å². The second-order valence-corrected chi connectivity index (χ2v) is 5.47. The maximum absolute atomic E-state index is 12.0. The van der Waals surface area contributed by atoms with Crippen LogP contribution in [0, 0.1) is 21.4 Å². The summed E-state index contributed by atoms with van der Waals surface area (Å²) in [4.78, 5) is 22.5. The maximum atomic E-state index is 12.0. The molecule has 0 radical (unpaired) electrons. The quantitative estimate of drug-likeness (QED) is 0.595. The van der Waals surface area contributed by atoms with Gasteiger partial charge in [0.05, 0.1) is 22.6 Å². The summed E-state index contributed by atoms with van der Waals surface area (Å²) in [5.74, 6) is -0.164. The molecule has 7 heteroatoms. The van der Waals surface area contributed by atoms with Gasteiger partial charge in [-0.2, -0.15) is 5.26 Å². The van der Waals surface area contributed by atoms with Crippen molar-refractivity contribution >= 4 is 17.3 Å². The van der Waals surface area contributed by atoms with Gasteiger partial charge in [0, 0.05) is 19.0 Å². The van der Waals surface area contributed by atoms with Gasteiger partial charge in [-0.1, -0.05) is 24.3 Å². The molecule has 7 nitrogen and oxygen atoms in total. The summed E-state index contributed by atoms with van der Waals surface area (Å²) in [7, 11) is 0. The lowest BCUT2D eigenvalue weighted by Gasteiger charge is -2.14. The van der Waals surface area contributed by atoms with Gasteiger partial charge < -0.3 is 10.6 Å². The third kappa shape index (κ3) is 5.04. The van der Waals surface area contributed by atoms with Crippen LogP contribution in [0.3, 0.4) is 0 Å². The number of hydrogen-bond donors (Lipinski definition) is 2. The van der Waals surface area contributed by atoms with Crippen LogP contribution >= 0.6 is 0 Å². The van der Waals surface area contributed by atoms with Crippen molar-refractivity contribution in [3.8, 4) is 6.07 Å². The molecule has 0 aliphatic rings. The van der Waals surface area contributed by atoms with Gasteiger partial charge in [0.25, 0.3) is 5.69 Å². The van der Waals surface area contributed by atoms with E-state index in [1.807, 2.05) is 13.0 Å². The van der Waals surface area contributed by atoms with E-state index in [1.54, 1.807) is 42.5 Å². The van der Waals surface area contributed by atoms with E-state index in [4.69, 9.17) is 5.26 Å². The van der Waals surface area contributed by atoms with E-state index < -0.39 is 4.92 Å². The van der Waals surface area contributed by atoms with Crippen molar-refractivity contribution in [1.29, 1.82) is 5.26 Å². The standard InChI is InChI=1S/C18H18N4O3/c1-13(15-8-6-14(12-19)7-9-15)21-18(23)10-11-20-16-4-2-3-5-17(16)22(24)25/h2-9,13,20H,10-11H2,1H3,(H,21,23). The monoisotopic (exact) mass is 338 g/mol. The Morgan fingerprint density at radius 3 is 2.56 bits per heavy atom. The Bertz CT molecular complexity index is 797. The van der Waals surface area contributed by atoms with Crippen LogP contribution in [-0.4, -0.2) is 17.4 Å². The van der Waals surface area contributed by atoms with E-state index >= 15 is 0 Å². The van der Waals surface area contributed by atoms with Crippen molar-refractivity contribution in [2.75, 3.05) is 11.9 Å². The van der Waals surface area contributed by atoms with Crippen molar-refractivity contribution in [3.63, 3.8) is 0 Å². The van der Waals surface area contributed by atoms with E-state index in [0.29, 0.717) is 11.3 Å². The van der Waals surface area contributed by atoms with Crippen LogP contribution in [0.25, 0.3) is 0 Å². The molecular formula is C18H18N4O3. The Kier molecular flexibility index (Phi) is 6.07. The van der Waals surface area contributed by atoms with Gasteiger partial charge in [0.15, 0.2) is 0 Å². The Balaban J connectivity index is 1.84. The zero-order chi connectivity index (χ0) is 18.2. The van der Waals surface area contributed by atoms with Crippen LogP contribution in [0.1, 0.15) is 30.5 Å². The second-order valence-electron chi connectivity index (χ2n) is 5.47. The highest BCUT2D eigenvalue weighted by Gasteiger charge is 2.13. The second kappa shape index (κ2) is 8.45. The molecular weight excluding hydrogens is 320 g/mol. The highest BCUT2D eigenvalue weighted by atomic mass is 16.6. The number of anilines is 1. The van der Waals surface area contributed by atoms with Gasteiger partial charge in [0.1, 0.15) is 5.69 Å². The normalized spacial score (nSPS) is 11.2. The summed E-state index contributed by atoms with van der Waals surface area (Å²) in [5.41, 5.74) is 1.84. The van der Waals surface area contributed by atoms with Crippen molar-refractivity contribution in [2.45, 2.75) is 19.4 Å². The fourth-order valence-corrected chi connectivity index (χ4v) is 2.34. The van der Waals surface area contributed by atoms with Crippen molar-refractivity contribution in [2.24, 2.45) is 0 Å². The van der Waals surface area contributed by atoms with Gasteiger partial charge >= 0.3 is 0 Å². The van der Waals surface area contributed by atoms with Gasteiger partial charge in [0.2, 0.25) is 5.91 Å². The molecule has 0 spiro atoms. The van der Waals surface area contributed by atoms with Crippen LogP contribution in [0.5, 0.6) is 0 Å². The lowest BCUT2D eigenvalue weighted by atomic mass is 10.1. The molecule has 0 aliphatic carbocycles. The summed E-state index contributed by atoms with van der Waals surface area (Å²) in [5, 5.41) is 25.5. The average Bonchev–Trinajstić information content (AvgIpc) is 2.62. The van der Waals surface area contributed by atoms with Gasteiger partial charge in [-0.15, -0.1) is 0 Å². The number of nitrogens with zero attached hydrogens (tertiary/aromatic N) is 2. The van der Waals surface area contributed by atoms with Crippen LogP contribution in [0.15, 0.2) is 48.5 Å². The Hall–Kier alpha value is -3.40. The first-order chi connectivity index (χ1) is 12.0. The molecule has 2 aromatic rings. The molecule has 0 fully saturated rings. The first-order valence-corrected chi connectivity index (χ1v) is 7.78. The van der Waals surface area contributed by atoms with E-state index in [-0.39, 0.29) is 30.6 Å². The molecule has 0 heterocycles. The third-order valence-electron chi connectivity index (χ3n) is 3.69. The SMILES string of the molecule is CC(NC(=O)CCNc1ccccc1[N+](=O)[O-])c1ccc(C#N)cc1. The third-order valence-corrected chi connectivity index (χ3v) is 3.69. The van der Waals surface area contributed by atoms with Crippen LogP contribution in [-0.2, 0) is 4.79 Å². The van der Waals surface area contributed by atoms with E-state index in [0.717, 1.165) is 5.56 Å². The molecule has 0 saturated heterocycles. The summed E-state index contributed by atoms with van der Waals surface area (Å²) < 4.78 is 0. The molecule has 0 bridgehead atoms. The number of hydrogen-bond acceptors (Lipinski definition) is 5. The number of carbonyl (C=O) groups excluding carboxylic acids is 1. The summed E-state index contributed by atoms with van der Waals surface area (Å²) >= 11 is 0. The number of benzene rings is 2. The van der Waals surface area contributed by atoms with E-state index in [9.17, 15) is 14.9 Å². The largest absolute Gasteiger partial charge is 0.379 e. The Morgan fingerprint density at radius 1 is 1.24 bits per heavy atom. The average molecular weight is 338 g/mol. The van der Waals surface area contributed by atoms with Crippen molar-refractivity contribution < 1.29 is 9.72 Å². The smallest absolute Gasteiger partial charge is 0.292 e. The molecule has 25 heavy (non-hydrogen) atoms. The zero-order valence-corrected chi connectivity index (χ0v) is 13.7. The Morgan fingerprint density at radius 2 is 1.92 bits per heavy atom. The molecule has 0 aliphatic heterocycles. The lowest BCUT2D eigenvalue weighted by molar-refractivity contribution is -0.384. The van der Waals surface area contributed by atoms with Crippen LogP contribution in [0.4, 0.5) is 11.4 Å². The number of nitro benzene ring substituents is 1. The summed E-state index contributed by atoms with van der Waals surface area (Å²) in [6.45, 7) is 2.14. The van der Waals surface area contributed by atoms with Gasteiger partial charge in [-0.05, 0) is 30.7 Å². The first kappa shape index (κ1) is 17.9. The fraction of sp³-hybridized carbons (Fsp3) is 0.222. The molecule has 1 amide bonds. The molecule has 0 saturated carbocycles. The fourth-order valence-electron chi connectivity index (χ4n) is 2.34. The molecule has 128 valence electrons. The number of rotatable bonds is 7. The molecule has 1 unspecified atom stereocenters. The molecule has 2 rings (SSSR count). The summed E-state index contributed by atoms with van der Waals surface area (Å²) in [6.07, 6.45) is 0.187. The van der Waals surface area contributed by atoms with Crippen molar-refractivity contribution in [1.82, 2.24) is 5.32 Å². The number of nitro groups is 1. The molecule has 0 aromatic heterocycles. The minimum atomic E-state index is -0.463. The first-order valence-electron chi connectivity index (χ1n) is 7.78. The molecule has 2 aromatic carbocycles. The van der Waals surface area contributed by atoms with Gasteiger partial charge in [-0.25, -0.2) is 0 Å². The number of amides is 1. The summed E-state index contributed by atoms with van der Waals surface area (Å²) in [6, 6.07) is 15.2. The minimum Gasteiger partial charge on any atom is -0.379 e. The molecule has 2 N–H and O–H groups in total. The topological polar surface area (TPSA) is 108 Å². The predicted molar refractivity (Wildman–Crippen MR) is 93.9 cm³/mol. The number of para-hydroxylation sites is 2. The highest BCUT2D eigenvalue weighted by molar-refractivity contribution is 5.77. The van der Waals surface area contributed by atoms with Crippen molar-refractivity contribution in [3.05, 3.63) is 69.8 Å². The van der Waals surface area contributed by atoms with Crippen LogP contribution in [0.2, 0.25) is 0 Å². The number of nitriles is 1. The Labute approximate surface area is 145 Å².